The van der Waals surface area contributed by atoms with E-state index in [0.717, 1.165) is 52.6 Å². The highest BCUT2D eigenvalue weighted by Gasteiger charge is 2.13. The van der Waals surface area contributed by atoms with Crippen molar-refractivity contribution in [3.05, 3.63) is 82.2 Å². The van der Waals surface area contributed by atoms with E-state index in [1.54, 1.807) is 4.90 Å². The summed E-state index contributed by atoms with van der Waals surface area (Å²) in [4.78, 5) is 26.2. The summed E-state index contributed by atoms with van der Waals surface area (Å²) in [6.07, 6.45) is 3.78. The van der Waals surface area contributed by atoms with Crippen molar-refractivity contribution >= 4 is 27.7 Å². The molecule has 4 rings (SSSR count). The minimum atomic E-state index is 0.0707. The number of nitrogens with zero attached hydrogens (tertiary/aromatic N) is 4. The van der Waals surface area contributed by atoms with E-state index in [9.17, 15) is 4.79 Å². The molecule has 4 aromatic rings. The fourth-order valence-electron chi connectivity index (χ4n) is 4.39. The van der Waals surface area contributed by atoms with Crippen molar-refractivity contribution in [3.63, 3.8) is 0 Å². The van der Waals surface area contributed by atoms with Crippen molar-refractivity contribution < 1.29 is 4.79 Å². The molecule has 0 spiro atoms. The Morgan fingerprint density at radius 2 is 1.68 bits per heavy atom. The first-order valence-corrected chi connectivity index (χ1v) is 11.9. The molecule has 176 valence electrons. The Hall–Kier alpha value is -3.31. The van der Waals surface area contributed by atoms with Crippen molar-refractivity contribution in [3.8, 4) is 0 Å². The minimum absolute atomic E-state index is 0.0707. The number of fused-ring (bicyclic) bond motifs is 3. The Morgan fingerprint density at radius 3 is 2.41 bits per heavy atom. The van der Waals surface area contributed by atoms with E-state index in [0.29, 0.717) is 6.54 Å². The molecule has 0 aliphatic carbocycles. The molecule has 2 heterocycles. The second kappa shape index (κ2) is 9.90. The fourth-order valence-corrected chi connectivity index (χ4v) is 4.39. The molecule has 0 aliphatic heterocycles. The Bertz CT molecular complexity index is 1360. The Balaban J connectivity index is 1.52. The minimum Gasteiger partial charge on any atom is -0.340 e. The Labute approximate surface area is 202 Å². The molecular weight excluding hydrogens is 420 g/mol. The summed E-state index contributed by atoms with van der Waals surface area (Å²) in [6, 6.07) is 14.8. The number of rotatable bonds is 7. The van der Waals surface area contributed by atoms with Gasteiger partial charge in [0.1, 0.15) is 0 Å². The fraction of sp³-hybridized carbons (Fsp3) is 0.345. The highest BCUT2D eigenvalue weighted by Crippen LogP contribution is 2.27. The van der Waals surface area contributed by atoms with Gasteiger partial charge in [0.15, 0.2) is 0 Å². The van der Waals surface area contributed by atoms with Crippen LogP contribution in [0, 0.1) is 20.8 Å². The summed E-state index contributed by atoms with van der Waals surface area (Å²) in [5, 5.41) is 2.32. The van der Waals surface area contributed by atoms with Crippen LogP contribution in [0.3, 0.4) is 0 Å². The first-order valence-electron chi connectivity index (χ1n) is 11.9. The SMILES string of the molecule is Cc1ccc2c(c1)nc(C)c1ncc(CCc3ccc(C(=O)N(C)CCN(C)C)cc3C)cc12. The van der Waals surface area contributed by atoms with Crippen LogP contribution in [0.2, 0.25) is 0 Å². The zero-order valence-corrected chi connectivity index (χ0v) is 21.1. The number of hydrogen-bond donors (Lipinski definition) is 0. The van der Waals surface area contributed by atoms with E-state index in [1.165, 1.54) is 22.1 Å². The van der Waals surface area contributed by atoms with Crippen molar-refractivity contribution in [2.24, 2.45) is 0 Å². The molecule has 0 saturated heterocycles. The number of carbonyl (C=O) groups excluding carboxylic acids is 1. The lowest BCUT2D eigenvalue weighted by atomic mass is 9.97. The predicted octanol–water partition coefficient (Wildman–Crippen LogP) is 5.13. The monoisotopic (exact) mass is 454 g/mol. The van der Waals surface area contributed by atoms with E-state index < -0.39 is 0 Å². The molecule has 0 saturated carbocycles. The lowest BCUT2D eigenvalue weighted by molar-refractivity contribution is 0.0786. The number of hydrogen-bond acceptors (Lipinski definition) is 4. The number of benzene rings is 2. The van der Waals surface area contributed by atoms with Gasteiger partial charge in [-0.05, 0) is 94.2 Å². The van der Waals surface area contributed by atoms with Crippen LogP contribution in [0.15, 0.2) is 48.7 Å². The van der Waals surface area contributed by atoms with E-state index in [2.05, 4.69) is 49.1 Å². The number of carbonyl (C=O) groups is 1. The average Bonchev–Trinajstić information content (AvgIpc) is 2.81. The van der Waals surface area contributed by atoms with Gasteiger partial charge >= 0.3 is 0 Å². The molecule has 5 heteroatoms. The standard InChI is InChI=1S/C29H34N4O/c1-19-7-12-25-26-17-22(18-30-28(26)21(3)31-27(25)15-19)8-9-23-10-11-24(16-20(23)2)29(34)33(6)14-13-32(4)5/h7,10-12,15-18H,8-9,13-14H2,1-6H3. The van der Waals surface area contributed by atoms with Gasteiger partial charge in [-0.15, -0.1) is 0 Å². The maximum Gasteiger partial charge on any atom is 0.253 e. The summed E-state index contributed by atoms with van der Waals surface area (Å²) >= 11 is 0. The average molecular weight is 455 g/mol. The largest absolute Gasteiger partial charge is 0.340 e. The third-order valence-corrected chi connectivity index (χ3v) is 6.52. The molecule has 2 aromatic carbocycles. The first-order chi connectivity index (χ1) is 16.2. The van der Waals surface area contributed by atoms with E-state index >= 15 is 0 Å². The second-order valence-corrected chi connectivity index (χ2v) is 9.63. The maximum atomic E-state index is 12.8. The number of pyridine rings is 2. The van der Waals surface area contributed by atoms with Gasteiger partial charge in [0.2, 0.25) is 0 Å². The zero-order valence-electron chi connectivity index (χ0n) is 21.1. The molecule has 2 aromatic heterocycles. The molecule has 1 amide bonds. The highest BCUT2D eigenvalue weighted by atomic mass is 16.2. The number of aryl methyl sites for hydroxylation is 5. The van der Waals surface area contributed by atoms with Crippen LogP contribution < -0.4 is 0 Å². The van der Waals surface area contributed by atoms with Crippen LogP contribution in [-0.4, -0.2) is 59.9 Å². The van der Waals surface area contributed by atoms with Gasteiger partial charge in [-0.25, -0.2) is 0 Å². The van der Waals surface area contributed by atoms with Gasteiger partial charge in [0.05, 0.1) is 16.7 Å². The van der Waals surface area contributed by atoms with Crippen LogP contribution in [0.4, 0.5) is 0 Å². The summed E-state index contributed by atoms with van der Waals surface area (Å²) in [7, 11) is 5.90. The van der Waals surface area contributed by atoms with Crippen LogP contribution in [0.25, 0.3) is 21.8 Å². The van der Waals surface area contributed by atoms with Crippen molar-refractivity contribution in [1.82, 2.24) is 19.8 Å². The first kappa shape index (κ1) is 23.8. The summed E-state index contributed by atoms with van der Waals surface area (Å²) in [5.74, 6) is 0.0707. The topological polar surface area (TPSA) is 49.3 Å². The third-order valence-electron chi connectivity index (χ3n) is 6.52. The van der Waals surface area contributed by atoms with E-state index in [4.69, 9.17) is 9.97 Å². The molecule has 0 radical (unpaired) electrons. The van der Waals surface area contributed by atoms with Crippen molar-refractivity contribution in [2.45, 2.75) is 33.6 Å². The van der Waals surface area contributed by atoms with Gasteiger partial charge < -0.3 is 9.80 Å². The molecule has 34 heavy (non-hydrogen) atoms. The van der Waals surface area contributed by atoms with Crippen molar-refractivity contribution in [1.29, 1.82) is 0 Å². The quantitative estimate of drug-likeness (QED) is 0.363. The highest BCUT2D eigenvalue weighted by molar-refractivity contribution is 6.05. The lowest BCUT2D eigenvalue weighted by Crippen LogP contribution is -2.33. The Morgan fingerprint density at radius 1 is 0.882 bits per heavy atom. The van der Waals surface area contributed by atoms with E-state index in [-0.39, 0.29) is 5.91 Å². The maximum absolute atomic E-state index is 12.8. The molecule has 0 atom stereocenters. The third kappa shape index (κ3) is 5.10. The molecule has 5 nitrogen and oxygen atoms in total. The lowest BCUT2D eigenvalue weighted by Gasteiger charge is -2.20. The van der Waals surface area contributed by atoms with Gasteiger partial charge in [0, 0.05) is 42.7 Å². The van der Waals surface area contributed by atoms with Crippen LogP contribution >= 0.6 is 0 Å². The van der Waals surface area contributed by atoms with Gasteiger partial charge in [-0.1, -0.05) is 18.2 Å². The molecular formula is C29H34N4O. The van der Waals surface area contributed by atoms with Crippen LogP contribution in [0.1, 0.15) is 38.3 Å². The summed E-state index contributed by atoms with van der Waals surface area (Å²) in [6.45, 7) is 7.78. The zero-order chi connectivity index (χ0) is 24.4. The smallest absolute Gasteiger partial charge is 0.253 e. The molecule has 0 N–H and O–H groups in total. The number of amides is 1. The number of aromatic nitrogens is 2. The van der Waals surface area contributed by atoms with Crippen LogP contribution in [0.5, 0.6) is 0 Å². The summed E-state index contributed by atoms with van der Waals surface area (Å²) < 4.78 is 0. The number of likely N-dealkylation sites (N-methyl/N-ethyl adjacent to an activating group) is 2. The normalized spacial score (nSPS) is 11.5. The van der Waals surface area contributed by atoms with Gasteiger partial charge in [0.25, 0.3) is 5.91 Å². The Kier molecular flexibility index (Phi) is 6.94. The predicted molar refractivity (Wildman–Crippen MR) is 141 cm³/mol. The molecule has 0 aliphatic rings. The van der Waals surface area contributed by atoms with Gasteiger partial charge in [-0.2, -0.15) is 0 Å². The molecule has 0 unspecified atom stereocenters. The van der Waals surface area contributed by atoms with Crippen molar-refractivity contribution in [2.75, 3.05) is 34.2 Å². The molecule has 0 fully saturated rings. The second-order valence-electron chi connectivity index (χ2n) is 9.63. The molecule has 0 bridgehead atoms. The van der Waals surface area contributed by atoms with Crippen LogP contribution in [-0.2, 0) is 12.8 Å². The summed E-state index contributed by atoms with van der Waals surface area (Å²) in [5.41, 5.74) is 8.55. The van der Waals surface area contributed by atoms with Gasteiger partial charge in [-0.3, -0.25) is 14.8 Å². The van der Waals surface area contributed by atoms with E-state index in [1.807, 2.05) is 46.4 Å².